The van der Waals surface area contributed by atoms with Crippen molar-refractivity contribution in [3.8, 4) is 5.75 Å². The molecule has 4 nitrogen and oxygen atoms in total. The van der Waals surface area contributed by atoms with Crippen LogP contribution in [-0.2, 0) is 0 Å². The molecule has 0 saturated heterocycles. The molecule has 0 radical (unpaired) electrons. The van der Waals surface area contributed by atoms with Crippen LogP contribution in [0.2, 0.25) is 0 Å². The molecular formula is C15H23FN2O2. The summed E-state index contributed by atoms with van der Waals surface area (Å²) in [5.41, 5.74) is 5.72. The first-order valence-electron chi connectivity index (χ1n) is 6.92. The van der Waals surface area contributed by atoms with Crippen LogP contribution in [0.25, 0.3) is 0 Å². The molecule has 1 rings (SSSR count). The number of nitrogen functional groups attached to an aromatic ring is 1. The molecule has 0 aliphatic heterocycles. The van der Waals surface area contributed by atoms with Gasteiger partial charge in [0.15, 0.2) is 5.78 Å². The number of hydrogen-bond donors (Lipinski definition) is 1. The third-order valence-corrected chi connectivity index (χ3v) is 3.39. The van der Waals surface area contributed by atoms with Crippen LogP contribution in [0.15, 0.2) is 12.1 Å². The van der Waals surface area contributed by atoms with Gasteiger partial charge in [-0.05, 0) is 32.1 Å². The summed E-state index contributed by atoms with van der Waals surface area (Å²) in [5, 5.41) is 0. The van der Waals surface area contributed by atoms with Crippen molar-refractivity contribution in [2.24, 2.45) is 0 Å². The second kappa shape index (κ2) is 7.85. The zero-order valence-corrected chi connectivity index (χ0v) is 12.4. The monoisotopic (exact) mass is 281 g/mol. The number of anilines is 1. The fourth-order valence-electron chi connectivity index (χ4n) is 2.09. The first kappa shape index (κ1) is 16.4. The van der Waals surface area contributed by atoms with E-state index in [1.807, 2.05) is 0 Å². The number of ether oxygens (including phenoxy) is 1. The molecule has 1 aromatic rings. The van der Waals surface area contributed by atoms with E-state index in [1.165, 1.54) is 13.2 Å². The molecule has 0 aliphatic carbocycles. The molecule has 0 heterocycles. The van der Waals surface area contributed by atoms with Crippen molar-refractivity contribution < 1.29 is 13.9 Å². The normalized spacial score (nSPS) is 10.8. The minimum Gasteiger partial charge on any atom is -0.496 e. The molecule has 0 saturated carbocycles. The van der Waals surface area contributed by atoms with Gasteiger partial charge in [-0.3, -0.25) is 4.79 Å². The van der Waals surface area contributed by atoms with Crippen LogP contribution in [0.4, 0.5) is 10.1 Å². The van der Waals surface area contributed by atoms with Gasteiger partial charge in [-0.25, -0.2) is 4.39 Å². The number of Topliss-reactive ketones (excluding diaryl/α,β-unsaturated/α-hetero) is 1. The minimum absolute atomic E-state index is 0.0125. The quantitative estimate of drug-likeness (QED) is 0.588. The number of benzene rings is 1. The predicted octanol–water partition coefficient (Wildman–Crippen LogP) is 2.72. The first-order chi connectivity index (χ1) is 9.53. The molecule has 0 bridgehead atoms. The third-order valence-electron chi connectivity index (χ3n) is 3.39. The van der Waals surface area contributed by atoms with E-state index in [0.29, 0.717) is 12.2 Å². The van der Waals surface area contributed by atoms with E-state index in [4.69, 9.17) is 10.5 Å². The summed E-state index contributed by atoms with van der Waals surface area (Å²) in [4.78, 5) is 14.4. The van der Waals surface area contributed by atoms with Crippen molar-refractivity contribution in [2.75, 3.05) is 32.5 Å². The number of halogens is 1. The average molecular weight is 281 g/mol. The fraction of sp³-hybridized carbons (Fsp3) is 0.533. The van der Waals surface area contributed by atoms with Gasteiger partial charge in [-0.15, -0.1) is 0 Å². The Morgan fingerprint density at radius 3 is 2.55 bits per heavy atom. The van der Waals surface area contributed by atoms with Gasteiger partial charge in [0.25, 0.3) is 0 Å². The maximum Gasteiger partial charge on any atom is 0.166 e. The van der Waals surface area contributed by atoms with Crippen molar-refractivity contribution in [1.82, 2.24) is 4.90 Å². The highest BCUT2D eigenvalue weighted by atomic mass is 18.2. The van der Waals surface area contributed by atoms with Crippen LogP contribution in [0, 0.1) is 5.82 Å². The van der Waals surface area contributed by atoms with Gasteiger partial charge in [-0.2, -0.15) is 0 Å². The Balaban J connectivity index is 2.70. The largest absolute Gasteiger partial charge is 0.496 e. The molecule has 0 amide bonds. The Morgan fingerprint density at radius 1 is 1.35 bits per heavy atom. The van der Waals surface area contributed by atoms with E-state index in [2.05, 4.69) is 18.7 Å². The molecule has 0 spiro atoms. The van der Waals surface area contributed by atoms with Crippen molar-refractivity contribution in [2.45, 2.75) is 26.7 Å². The summed E-state index contributed by atoms with van der Waals surface area (Å²) in [5.74, 6) is -0.373. The summed E-state index contributed by atoms with van der Waals surface area (Å²) in [7, 11) is 1.44. The molecule has 112 valence electrons. The Hall–Kier alpha value is -1.62. The highest BCUT2D eigenvalue weighted by molar-refractivity contribution is 5.99. The number of hydrogen-bond acceptors (Lipinski definition) is 4. The standard InChI is InChI=1S/C15H23FN2O2/c1-4-18(5-2)8-6-7-14(19)11-9-12(16)13(17)10-15(11)20-3/h9-10H,4-8,17H2,1-3H3/i16-1. The molecule has 0 fully saturated rings. The maximum absolute atomic E-state index is 13.5. The molecule has 0 aromatic heterocycles. The molecular weight excluding hydrogens is 258 g/mol. The average Bonchev–Trinajstić information content (AvgIpc) is 2.45. The Labute approximate surface area is 119 Å². The van der Waals surface area contributed by atoms with E-state index in [-0.39, 0.29) is 17.0 Å². The van der Waals surface area contributed by atoms with Gasteiger partial charge in [0.1, 0.15) is 11.6 Å². The number of nitrogens with zero attached hydrogens (tertiary/aromatic N) is 1. The Morgan fingerprint density at radius 2 is 2.00 bits per heavy atom. The zero-order chi connectivity index (χ0) is 15.1. The minimum atomic E-state index is -0.585. The van der Waals surface area contributed by atoms with Crippen LogP contribution in [0.3, 0.4) is 0 Å². The van der Waals surface area contributed by atoms with E-state index in [9.17, 15) is 9.18 Å². The van der Waals surface area contributed by atoms with E-state index in [1.54, 1.807) is 0 Å². The SMILES string of the molecule is CCN(CC)CCCC(=O)c1cc([18F])c(N)cc1OC. The zero-order valence-electron chi connectivity index (χ0n) is 12.4. The van der Waals surface area contributed by atoms with Gasteiger partial charge in [0.05, 0.1) is 18.4 Å². The van der Waals surface area contributed by atoms with Crippen molar-refractivity contribution in [3.05, 3.63) is 23.5 Å². The molecule has 0 unspecified atom stereocenters. The highest BCUT2D eigenvalue weighted by Crippen LogP contribution is 2.26. The van der Waals surface area contributed by atoms with Gasteiger partial charge >= 0.3 is 0 Å². The van der Waals surface area contributed by atoms with Crippen LogP contribution in [0.5, 0.6) is 5.75 Å². The van der Waals surface area contributed by atoms with Crippen LogP contribution in [0.1, 0.15) is 37.0 Å². The van der Waals surface area contributed by atoms with Crippen LogP contribution >= 0.6 is 0 Å². The lowest BCUT2D eigenvalue weighted by Gasteiger charge is -2.17. The van der Waals surface area contributed by atoms with Gasteiger partial charge < -0.3 is 15.4 Å². The van der Waals surface area contributed by atoms with Crippen molar-refractivity contribution in [3.63, 3.8) is 0 Å². The first-order valence-corrected chi connectivity index (χ1v) is 6.92. The van der Waals surface area contributed by atoms with Crippen LogP contribution in [-0.4, -0.2) is 37.4 Å². The topological polar surface area (TPSA) is 55.6 Å². The second-order valence-corrected chi connectivity index (χ2v) is 4.63. The van der Waals surface area contributed by atoms with Gasteiger partial charge in [0.2, 0.25) is 0 Å². The number of carbonyl (C=O) groups is 1. The molecule has 2 N–H and O–H groups in total. The molecule has 1 aromatic carbocycles. The summed E-state index contributed by atoms with van der Waals surface area (Å²) in [6, 6.07) is 2.51. The molecule has 20 heavy (non-hydrogen) atoms. The molecule has 0 aliphatic rings. The summed E-state index contributed by atoms with van der Waals surface area (Å²) in [6.07, 6.45) is 1.12. The lowest BCUT2D eigenvalue weighted by atomic mass is 10.0. The molecule has 5 heteroatoms. The van der Waals surface area contributed by atoms with Gasteiger partial charge in [-0.1, -0.05) is 13.8 Å². The lowest BCUT2D eigenvalue weighted by Crippen LogP contribution is -2.24. The van der Waals surface area contributed by atoms with E-state index < -0.39 is 5.82 Å². The van der Waals surface area contributed by atoms with Crippen molar-refractivity contribution >= 4 is 11.5 Å². The highest BCUT2D eigenvalue weighted by Gasteiger charge is 2.15. The number of rotatable bonds is 8. The van der Waals surface area contributed by atoms with Crippen molar-refractivity contribution in [1.29, 1.82) is 0 Å². The Bertz CT molecular complexity index is 459. The molecule has 0 atom stereocenters. The number of ketones is 1. The Kier molecular flexibility index (Phi) is 6.45. The van der Waals surface area contributed by atoms with Gasteiger partial charge in [0, 0.05) is 12.5 Å². The smallest absolute Gasteiger partial charge is 0.166 e. The maximum atomic E-state index is 13.5. The lowest BCUT2D eigenvalue weighted by molar-refractivity contribution is 0.0972. The van der Waals surface area contributed by atoms with E-state index in [0.717, 1.165) is 32.1 Å². The number of nitrogens with two attached hydrogens (primary N) is 1. The predicted molar refractivity (Wildman–Crippen MR) is 78.7 cm³/mol. The summed E-state index contributed by atoms with van der Waals surface area (Å²) < 4.78 is 18.6. The van der Waals surface area contributed by atoms with E-state index >= 15 is 0 Å². The third kappa shape index (κ3) is 4.20. The summed E-state index contributed by atoms with van der Waals surface area (Å²) in [6.45, 7) is 6.96. The fourth-order valence-corrected chi connectivity index (χ4v) is 2.09. The number of methoxy groups -OCH3 is 1. The van der Waals surface area contributed by atoms with Crippen LogP contribution < -0.4 is 10.5 Å². The number of carbonyl (C=O) groups excluding carboxylic acids is 1. The summed E-state index contributed by atoms with van der Waals surface area (Å²) >= 11 is 0. The second-order valence-electron chi connectivity index (χ2n) is 4.63.